The van der Waals surface area contributed by atoms with Crippen molar-refractivity contribution in [2.24, 2.45) is 0 Å². The van der Waals surface area contributed by atoms with Crippen LogP contribution in [-0.2, 0) is 0 Å². The van der Waals surface area contributed by atoms with Gasteiger partial charge in [0.05, 0.1) is 0 Å². The Morgan fingerprint density at radius 1 is 0.222 bits per heavy atom. The summed E-state index contributed by atoms with van der Waals surface area (Å²) in [5.74, 6) is 0. The van der Waals surface area contributed by atoms with E-state index in [4.69, 9.17) is 0 Å². The maximum atomic E-state index is 2.63. The summed E-state index contributed by atoms with van der Waals surface area (Å²) in [7, 11) is 2.63. The molecule has 0 aliphatic rings. The normalized spacial score (nSPS) is 10.3. The fourth-order valence-corrected chi connectivity index (χ4v) is 20.0. The molecule has 0 aliphatic heterocycles. The van der Waals surface area contributed by atoms with Crippen molar-refractivity contribution in [3.63, 3.8) is 0 Å². The van der Waals surface area contributed by atoms with Gasteiger partial charge in [-0.3, -0.25) is 0 Å². The molecule has 0 N–H and O–H groups in total. The van der Waals surface area contributed by atoms with E-state index in [9.17, 15) is 0 Å². The number of hydrogen-bond acceptors (Lipinski definition) is 0. The van der Waals surface area contributed by atoms with Crippen LogP contribution in [0.1, 0.15) is 0 Å². The Labute approximate surface area is 285 Å². The third-order valence-corrected chi connectivity index (χ3v) is 23.2. The molecule has 1 atom stereocenters. The molecule has 0 aliphatic carbocycles. The Bertz CT molecular complexity index is 1460. The van der Waals surface area contributed by atoms with E-state index >= 15 is 0 Å². The SMILES string of the molecule is Pc1ccccc1.c1cc[c]([Sn]([c]2ccccc2)[c]2ccccc2)cc1.c1cc[c]([Sn]([c]2ccccc2)[c]2ccccc2)cc1. The minimum atomic E-state index is -1.98. The van der Waals surface area contributed by atoms with Crippen LogP contribution < -0.4 is 26.8 Å². The van der Waals surface area contributed by atoms with Gasteiger partial charge < -0.3 is 0 Å². The van der Waals surface area contributed by atoms with E-state index in [1.807, 2.05) is 30.3 Å². The van der Waals surface area contributed by atoms with Crippen molar-refractivity contribution in [3.8, 4) is 0 Å². The topological polar surface area (TPSA) is 0 Å². The molecule has 7 aromatic carbocycles. The molecular weight excluding hydrogens is 773 g/mol. The second kappa shape index (κ2) is 18.5. The fraction of sp³-hybridized carbons (Fsp3) is 0. The van der Waals surface area contributed by atoms with Crippen molar-refractivity contribution in [2.45, 2.75) is 0 Å². The van der Waals surface area contributed by atoms with Gasteiger partial charge in [-0.15, -0.1) is 9.24 Å². The van der Waals surface area contributed by atoms with E-state index in [1.165, 1.54) is 26.8 Å². The van der Waals surface area contributed by atoms with E-state index in [2.05, 4.69) is 191 Å². The van der Waals surface area contributed by atoms with E-state index in [0.29, 0.717) is 0 Å². The van der Waals surface area contributed by atoms with Gasteiger partial charge in [0.15, 0.2) is 0 Å². The zero-order valence-corrected chi connectivity index (χ0v) is 32.1. The molecule has 0 heterocycles. The van der Waals surface area contributed by atoms with E-state index in [-0.39, 0.29) is 0 Å². The van der Waals surface area contributed by atoms with Crippen LogP contribution in [0.15, 0.2) is 212 Å². The van der Waals surface area contributed by atoms with Crippen LogP contribution in [0.4, 0.5) is 0 Å². The summed E-state index contributed by atoms with van der Waals surface area (Å²) in [5, 5.41) is 1.24. The standard InChI is InChI=1S/C6H7P.6C6H5.2Sn/c7-6-4-2-1-3-5-6;6*1-2-4-6-5-3-1;;/h1-5H,7H2;6*1-5H;;. The Kier molecular flexibility index (Phi) is 13.6. The summed E-state index contributed by atoms with van der Waals surface area (Å²) in [5.41, 5.74) is 0. The number of hydrogen-bond donors (Lipinski definition) is 0. The van der Waals surface area contributed by atoms with Crippen molar-refractivity contribution in [1.82, 2.24) is 0 Å². The number of benzene rings is 7. The molecule has 0 saturated heterocycles. The van der Waals surface area contributed by atoms with Crippen LogP contribution in [0, 0.1) is 0 Å². The van der Waals surface area contributed by atoms with Crippen LogP contribution in [0.5, 0.6) is 0 Å². The zero-order chi connectivity index (χ0) is 30.9. The molecule has 1 unspecified atom stereocenters. The summed E-state index contributed by atoms with van der Waals surface area (Å²) >= 11 is -3.96. The average Bonchev–Trinajstić information content (AvgIpc) is 3.12. The summed E-state index contributed by atoms with van der Waals surface area (Å²) in [4.78, 5) is 0. The van der Waals surface area contributed by atoms with Gasteiger partial charge >= 0.3 is 243 Å². The van der Waals surface area contributed by atoms with Gasteiger partial charge in [-0.25, -0.2) is 0 Å². The van der Waals surface area contributed by atoms with Crippen LogP contribution in [0.25, 0.3) is 0 Å². The molecule has 2 radical (unpaired) electrons. The van der Waals surface area contributed by atoms with E-state index < -0.39 is 39.5 Å². The number of rotatable bonds is 6. The van der Waals surface area contributed by atoms with Crippen LogP contribution in [0.3, 0.4) is 0 Å². The van der Waals surface area contributed by atoms with Crippen molar-refractivity contribution < 1.29 is 0 Å². The Morgan fingerprint density at radius 3 is 0.511 bits per heavy atom. The third-order valence-electron chi connectivity index (χ3n) is 7.17. The molecule has 7 rings (SSSR count). The van der Waals surface area contributed by atoms with Gasteiger partial charge in [0.2, 0.25) is 0 Å². The molecule has 0 spiro atoms. The summed E-state index contributed by atoms with van der Waals surface area (Å²) in [6.45, 7) is 0. The molecule has 0 bridgehead atoms. The predicted octanol–water partition coefficient (Wildman–Crippen LogP) is 5.59. The van der Waals surface area contributed by atoms with Gasteiger partial charge in [0.25, 0.3) is 0 Å². The van der Waals surface area contributed by atoms with Crippen molar-refractivity contribution in [2.75, 3.05) is 0 Å². The second-order valence-corrected chi connectivity index (χ2v) is 25.2. The fourth-order valence-electron chi connectivity index (χ4n) is 5.08. The molecule has 0 fully saturated rings. The van der Waals surface area contributed by atoms with Crippen LogP contribution in [0.2, 0.25) is 0 Å². The minimum absolute atomic E-state index is 1.24. The first-order valence-electron chi connectivity index (χ1n) is 15.2. The average molecular weight is 810 g/mol. The molecule has 3 heteroatoms. The summed E-state index contributed by atoms with van der Waals surface area (Å²) < 4.78 is 9.18. The Morgan fingerprint density at radius 2 is 0.378 bits per heavy atom. The maximum absolute atomic E-state index is 2.63. The summed E-state index contributed by atoms with van der Waals surface area (Å²) in [6, 6.07) is 76.0. The van der Waals surface area contributed by atoms with Gasteiger partial charge in [0.1, 0.15) is 0 Å². The first kappa shape index (κ1) is 32.9. The van der Waals surface area contributed by atoms with Crippen molar-refractivity contribution >= 4 is 75.5 Å². The third kappa shape index (κ3) is 10.3. The van der Waals surface area contributed by atoms with Crippen LogP contribution >= 0.6 is 9.24 Å². The van der Waals surface area contributed by atoms with Gasteiger partial charge in [0, 0.05) is 0 Å². The molecule has 0 nitrogen and oxygen atoms in total. The van der Waals surface area contributed by atoms with Gasteiger partial charge in [-0.2, -0.15) is 0 Å². The Balaban J connectivity index is 0.000000147. The van der Waals surface area contributed by atoms with Crippen molar-refractivity contribution in [1.29, 1.82) is 0 Å². The quantitative estimate of drug-likeness (QED) is 0.152. The molecule has 0 amide bonds. The zero-order valence-electron chi connectivity index (χ0n) is 25.3. The first-order chi connectivity index (χ1) is 22.3. The van der Waals surface area contributed by atoms with Gasteiger partial charge in [-0.05, 0) is 5.30 Å². The van der Waals surface area contributed by atoms with Gasteiger partial charge in [-0.1, -0.05) is 30.3 Å². The summed E-state index contributed by atoms with van der Waals surface area (Å²) in [6.07, 6.45) is 0. The van der Waals surface area contributed by atoms with Crippen LogP contribution in [-0.4, -0.2) is 39.5 Å². The first-order valence-corrected chi connectivity index (χ1v) is 24.3. The molecular formula is C42H37PSn2. The van der Waals surface area contributed by atoms with E-state index in [0.717, 1.165) is 0 Å². The predicted molar refractivity (Wildman–Crippen MR) is 204 cm³/mol. The monoisotopic (exact) mass is 812 g/mol. The molecule has 218 valence electrons. The molecule has 0 aromatic heterocycles. The molecule has 7 aromatic rings. The second-order valence-electron chi connectivity index (χ2n) is 10.4. The molecule has 45 heavy (non-hydrogen) atoms. The van der Waals surface area contributed by atoms with Crippen molar-refractivity contribution in [3.05, 3.63) is 212 Å². The Hall–Kier alpha value is -3.43. The molecule has 0 saturated carbocycles. The van der Waals surface area contributed by atoms with E-state index in [1.54, 1.807) is 0 Å².